The number of amides is 2. The molecule has 4 rings (SSSR count). The third-order valence-corrected chi connectivity index (χ3v) is 6.13. The number of fused-ring (bicyclic) bond motifs is 3. The predicted octanol–water partition coefficient (Wildman–Crippen LogP) is 3.14. The minimum absolute atomic E-state index is 0.000373. The Kier molecular flexibility index (Phi) is 5.93. The SMILES string of the molecule is CC[C@@H](NC(=O)[C@H]1C[C@H]1CNC(=O)OCC1c2ccccc2-c2ccccc21)C(=O)O. The van der Waals surface area contributed by atoms with Gasteiger partial charge >= 0.3 is 12.1 Å². The molecule has 0 radical (unpaired) electrons. The maximum atomic E-state index is 12.2. The minimum Gasteiger partial charge on any atom is -0.480 e. The molecule has 2 aromatic carbocycles. The fourth-order valence-corrected chi connectivity index (χ4v) is 4.28. The minimum atomic E-state index is -1.04. The van der Waals surface area contributed by atoms with Gasteiger partial charge < -0.3 is 20.5 Å². The van der Waals surface area contributed by atoms with Crippen molar-refractivity contribution >= 4 is 18.0 Å². The van der Waals surface area contributed by atoms with E-state index in [0.717, 1.165) is 11.1 Å². The molecule has 2 amide bonds. The number of hydrogen-bond acceptors (Lipinski definition) is 4. The highest BCUT2D eigenvalue weighted by Crippen LogP contribution is 2.44. The van der Waals surface area contributed by atoms with Crippen LogP contribution in [-0.4, -0.2) is 42.3 Å². The van der Waals surface area contributed by atoms with Gasteiger partial charge in [0.15, 0.2) is 0 Å². The maximum absolute atomic E-state index is 12.2. The van der Waals surface area contributed by atoms with Crippen LogP contribution in [0.3, 0.4) is 0 Å². The Morgan fingerprint density at radius 3 is 2.26 bits per heavy atom. The molecule has 0 spiro atoms. The topological polar surface area (TPSA) is 105 Å². The van der Waals surface area contributed by atoms with Crippen LogP contribution < -0.4 is 10.6 Å². The summed E-state index contributed by atoms with van der Waals surface area (Å²) in [6.45, 7) is 2.28. The third-order valence-electron chi connectivity index (χ3n) is 6.13. The van der Waals surface area contributed by atoms with Crippen LogP contribution in [0.25, 0.3) is 11.1 Å². The third kappa shape index (κ3) is 4.40. The molecule has 2 aliphatic carbocycles. The van der Waals surface area contributed by atoms with E-state index in [9.17, 15) is 14.4 Å². The molecule has 3 atom stereocenters. The monoisotopic (exact) mass is 422 g/mol. The highest BCUT2D eigenvalue weighted by Gasteiger charge is 2.43. The smallest absolute Gasteiger partial charge is 0.407 e. The number of aliphatic carboxylic acids is 1. The summed E-state index contributed by atoms with van der Waals surface area (Å²) < 4.78 is 5.50. The lowest BCUT2D eigenvalue weighted by molar-refractivity contribution is -0.142. The molecule has 0 unspecified atom stereocenters. The first-order chi connectivity index (χ1) is 15.0. The van der Waals surface area contributed by atoms with E-state index < -0.39 is 18.1 Å². The van der Waals surface area contributed by atoms with E-state index in [1.165, 1.54) is 11.1 Å². The Morgan fingerprint density at radius 1 is 1.06 bits per heavy atom. The van der Waals surface area contributed by atoms with E-state index in [0.29, 0.717) is 19.4 Å². The van der Waals surface area contributed by atoms with Crippen LogP contribution in [0.4, 0.5) is 4.79 Å². The first-order valence-electron chi connectivity index (χ1n) is 10.6. The summed E-state index contributed by atoms with van der Waals surface area (Å²) in [5, 5.41) is 14.3. The number of alkyl carbamates (subject to hydrolysis) is 1. The number of rotatable bonds is 8. The zero-order chi connectivity index (χ0) is 22.0. The molecule has 3 N–H and O–H groups in total. The van der Waals surface area contributed by atoms with Crippen LogP contribution >= 0.6 is 0 Å². The Hall–Kier alpha value is -3.35. The van der Waals surface area contributed by atoms with Crippen molar-refractivity contribution in [3.8, 4) is 11.1 Å². The molecule has 0 aromatic heterocycles. The summed E-state index contributed by atoms with van der Waals surface area (Å²) in [6.07, 6.45) is 0.451. The van der Waals surface area contributed by atoms with Crippen LogP contribution in [-0.2, 0) is 14.3 Å². The van der Waals surface area contributed by atoms with Crippen LogP contribution in [0, 0.1) is 11.8 Å². The van der Waals surface area contributed by atoms with Crippen molar-refractivity contribution in [2.45, 2.75) is 31.7 Å². The van der Waals surface area contributed by atoms with Crippen LogP contribution in [0.15, 0.2) is 48.5 Å². The molecule has 162 valence electrons. The van der Waals surface area contributed by atoms with Gasteiger partial charge in [-0.15, -0.1) is 0 Å². The van der Waals surface area contributed by atoms with Crippen molar-refractivity contribution in [3.63, 3.8) is 0 Å². The van der Waals surface area contributed by atoms with Crippen molar-refractivity contribution in [3.05, 3.63) is 59.7 Å². The summed E-state index contributed by atoms with van der Waals surface area (Å²) in [4.78, 5) is 35.4. The number of ether oxygens (including phenoxy) is 1. The Bertz CT molecular complexity index is 959. The second-order valence-corrected chi connectivity index (χ2v) is 8.12. The molecule has 7 heteroatoms. The zero-order valence-electron chi connectivity index (χ0n) is 17.3. The standard InChI is InChI=1S/C24H26N2O5/c1-2-21(23(28)29)26-22(27)19-11-14(19)12-25-24(30)31-13-20-17-9-5-3-7-15(17)16-8-4-6-10-18(16)20/h3-10,14,19-21H,2,11-13H2,1H3,(H,25,30)(H,26,27)(H,28,29)/t14-,19-,21+/m0/s1. The van der Waals surface area contributed by atoms with Gasteiger partial charge in [-0.1, -0.05) is 55.5 Å². The molecule has 0 aliphatic heterocycles. The van der Waals surface area contributed by atoms with Crippen molar-refractivity contribution < 1.29 is 24.2 Å². The van der Waals surface area contributed by atoms with E-state index >= 15 is 0 Å². The Labute approximate surface area is 180 Å². The molecule has 31 heavy (non-hydrogen) atoms. The molecular weight excluding hydrogens is 396 g/mol. The van der Waals surface area contributed by atoms with E-state index in [1.807, 2.05) is 24.3 Å². The van der Waals surface area contributed by atoms with E-state index in [4.69, 9.17) is 9.84 Å². The van der Waals surface area contributed by atoms with Crippen molar-refractivity contribution in [2.24, 2.45) is 11.8 Å². The molecular formula is C24H26N2O5. The summed E-state index contributed by atoms with van der Waals surface area (Å²) in [5.74, 6) is -1.56. The first-order valence-corrected chi connectivity index (χ1v) is 10.6. The number of carbonyl (C=O) groups excluding carboxylic acids is 2. The fourth-order valence-electron chi connectivity index (χ4n) is 4.28. The van der Waals surface area contributed by atoms with Gasteiger partial charge in [0.1, 0.15) is 12.6 Å². The van der Waals surface area contributed by atoms with Gasteiger partial charge in [-0.25, -0.2) is 9.59 Å². The lowest BCUT2D eigenvalue weighted by atomic mass is 9.98. The highest BCUT2D eigenvalue weighted by molar-refractivity contribution is 5.86. The second-order valence-electron chi connectivity index (χ2n) is 8.12. The molecule has 0 heterocycles. The molecule has 7 nitrogen and oxygen atoms in total. The van der Waals surface area contributed by atoms with Gasteiger partial charge in [0.05, 0.1) is 0 Å². The summed E-state index contributed by atoms with van der Waals surface area (Å²) in [6, 6.07) is 15.4. The Morgan fingerprint density at radius 2 is 1.68 bits per heavy atom. The number of carboxylic acids is 1. The van der Waals surface area contributed by atoms with Gasteiger partial charge in [0, 0.05) is 18.4 Å². The van der Waals surface area contributed by atoms with Crippen LogP contribution in [0.2, 0.25) is 0 Å². The summed E-state index contributed by atoms with van der Waals surface area (Å²) >= 11 is 0. The summed E-state index contributed by atoms with van der Waals surface area (Å²) in [5.41, 5.74) is 4.65. The second kappa shape index (κ2) is 8.79. The molecule has 1 fully saturated rings. The van der Waals surface area contributed by atoms with E-state index in [1.54, 1.807) is 6.92 Å². The van der Waals surface area contributed by atoms with Gasteiger partial charge in [-0.3, -0.25) is 4.79 Å². The molecule has 1 saturated carbocycles. The number of nitrogens with one attached hydrogen (secondary N) is 2. The van der Waals surface area contributed by atoms with Gasteiger partial charge in [0.25, 0.3) is 0 Å². The zero-order valence-corrected chi connectivity index (χ0v) is 17.3. The fraction of sp³-hybridized carbons (Fsp3) is 0.375. The van der Waals surface area contributed by atoms with Gasteiger partial charge in [-0.05, 0) is 41.0 Å². The molecule has 2 aliphatic rings. The Balaban J connectivity index is 1.26. The molecule has 0 bridgehead atoms. The van der Waals surface area contributed by atoms with Crippen molar-refractivity contribution in [2.75, 3.05) is 13.2 Å². The van der Waals surface area contributed by atoms with Crippen LogP contribution in [0.1, 0.15) is 36.8 Å². The van der Waals surface area contributed by atoms with E-state index in [-0.39, 0.29) is 30.3 Å². The highest BCUT2D eigenvalue weighted by atomic mass is 16.5. The number of benzene rings is 2. The van der Waals surface area contributed by atoms with Crippen molar-refractivity contribution in [1.29, 1.82) is 0 Å². The van der Waals surface area contributed by atoms with E-state index in [2.05, 4.69) is 34.9 Å². The first kappa shape index (κ1) is 20.9. The predicted molar refractivity (Wildman–Crippen MR) is 115 cm³/mol. The largest absolute Gasteiger partial charge is 0.480 e. The van der Waals surface area contributed by atoms with Crippen LogP contribution in [0.5, 0.6) is 0 Å². The average Bonchev–Trinajstić information content (AvgIpc) is 3.49. The van der Waals surface area contributed by atoms with Gasteiger partial charge in [0.2, 0.25) is 5.91 Å². The lowest BCUT2D eigenvalue weighted by Crippen LogP contribution is -2.41. The van der Waals surface area contributed by atoms with Crippen molar-refractivity contribution in [1.82, 2.24) is 10.6 Å². The van der Waals surface area contributed by atoms with Gasteiger partial charge in [-0.2, -0.15) is 0 Å². The average molecular weight is 422 g/mol. The molecule has 2 aromatic rings. The number of hydrogen-bond donors (Lipinski definition) is 3. The maximum Gasteiger partial charge on any atom is 0.407 e. The quantitative estimate of drug-likeness (QED) is 0.606. The normalized spacial score (nSPS) is 19.6. The number of carboxylic acid groups (broad SMARTS) is 1. The lowest BCUT2D eigenvalue weighted by Gasteiger charge is -2.15. The summed E-state index contributed by atoms with van der Waals surface area (Å²) in [7, 11) is 0. The molecule has 0 saturated heterocycles. The number of carbonyl (C=O) groups is 3.